The van der Waals surface area contributed by atoms with Crippen LogP contribution in [0.2, 0.25) is 0 Å². The fourth-order valence-corrected chi connectivity index (χ4v) is 4.25. The summed E-state index contributed by atoms with van der Waals surface area (Å²) in [4.78, 5) is 28.3. The Morgan fingerprint density at radius 1 is 0.967 bits per heavy atom. The average molecular weight is 400 g/mol. The molecule has 30 heavy (non-hydrogen) atoms. The summed E-state index contributed by atoms with van der Waals surface area (Å²) in [6.45, 7) is 0.515. The largest absolute Gasteiger partial charge is 0.314 e. The summed E-state index contributed by atoms with van der Waals surface area (Å²) in [7, 11) is 3.34. The lowest BCUT2D eigenvalue weighted by molar-refractivity contribution is -0.120. The van der Waals surface area contributed by atoms with Gasteiger partial charge in [0.15, 0.2) is 5.41 Å². The number of likely N-dealkylation sites (N-methyl/N-ethyl adjacent to an activating group) is 1. The number of H-pyrrole nitrogens is 1. The van der Waals surface area contributed by atoms with Gasteiger partial charge in [0.1, 0.15) is 5.69 Å². The lowest BCUT2D eigenvalue weighted by Crippen LogP contribution is -2.44. The number of carbonyl (C=O) groups excluding carboxylic acids is 1. The fraction of sp³-hybridized carbons (Fsp3) is 0.182. The van der Waals surface area contributed by atoms with E-state index in [0.717, 1.165) is 16.8 Å². The first-order chi connectivity index (χ1) is 14.5. The molecule has 0 fully saturated rings. The van der Waals surface area contributed by atoms with Crippen LogP contribution in [0.15, 0.2) is 71.8 Å². The molecular formula is C22H20N6O2. The summed E-state index contributed by atoms with van der Waals surface area (Å²) in [6.07, 6.45) is 3.35. The highest BCUT2D eigenvalue weighted by molar-refractivity contribution is 6.12. The van der Waals surface area contributed by atoms with Crippen molar-refractivity contribution in [3.05, 3.63) is 99.7 Å². The third-order valence-electron chi connectivity index (χ3n) is 5.75. The molecule has 0 bridgehead atoms. The summed E-state index contributed by atoms with van der Waals surface area (Å²) in [6, 6.07) is 17.4. The number of aromatic nitrogens is 5. The summed E-state index contributed by atoms with van der Waals surface area (Å²) in [5.74, 6) is -0.229. The van der Waals surface area contributed by atoms with E-state index in [0.29, 0.717) is 17.8 Å². The molecule has 150 valence electrons. The van der Waals surface area contributed by atoms with Crippen molar-refractivity contribution < 1.29 is 4.79 Å². The molecule has 0 unspecified atom stereocenters. The second-order valence-corrected chi connectivity index (χ2v) is 7.47. The molecule has 3 heterocycles. The van der Waals surface area contributed by atoms with Crippen LogP contribution in [0.4, 0.5) is 5.69 Å². The SMILES string of the molecule is CN1C(=O)[C@](c2cn(Cc3ccccc3)nn2)(c2c[nH]n(C)c2=O)c2ccccc21. The van der Waals surface area contributed by atoms with Gasteiger partial charge >= 0.3 is 0 Å². The number of carbonyl (C=O) groups is 1. The number of aromatic amines is 1. The first kappa shape index (κ1) is 18.1. The lowest BCUT2D eigenvalue weighted by Gasteiger charge is -2.24. The van der Waals surface area contributed by atoms with Crippen LogP contribution < -0.4 is 10.5 Å². The van der Waals surface area contributed by atoms with E-state index in [9.17, 15) is 9.59 Å². The van der Waals surface area contributed by atoms with Crippen molar-refractivity contribution in [2.75, 3.05) is 11.9 Å². The highest BCUT2D eigenvalue weighted by Gasteiger charge is 2.56. The van der Waals surface area contributed by atoms with Crippen LogP contribution in [0.3, 0.4) is 0 Å². The summed E-state index contributed by atoms with van der Waals surface area (Å²) < 4.78 is 3.05. The highest BCUT2D eigenvalue weighted by atomic mass is 16.2. The number of para-hydroxylation sites is 1. The predicted octanol–water partition coefficient (Wildman–Crippen LogP) is 1.66. The smallest absolute Gasteiger partial charge is 0.271 e. The molecule has 8 heteroatoms. The molecule has 0 spiro atoms. The van der Waals surface area contributed by atoms with Crippen LogP contribution in [0.1, 0.15) is 22.4 Å². The zero-order valence-corrected chi connectivity index (χ0v) is 16.6. The molecule has 4 aromatic rings. The quantitative estimate of drug-likeness (QED) is 0.564. The lowest BCUT2D eigenvalue weighted by atomic mass is 9.74. The molecule has 0 saturated heterocycles. The minimum absolute atomic E-state index is 0.229. The maximum Gasteiger partial charge on any atom is 0.271 e. The van der Waals surface area contributed by atoms with Crippen molar-refractivity contribution in [1.82, 2.24) is 24.8 Å². The second kappa shape index (κ2) is 6.55. The number of amides is 1. The average Bonchev–Trinajstić information content (AvgIpc) is 3.42. The zero-order valence-electron chi connectivity index (χ0n) is 16.6. The molecule has 1 aliphatic rings. The van der Waals surface area contributed by atoms with Crippen LogP contribution in [0.5, 0.6) is 0 Å². The molecule has 5 rings (SSSR count). The molecule has 1 N–H and O–H groups in total. The van der Waals surface area contributed by atoms with E-state index in [1.807, 2.05) is 54.6 Å². The number of benzene rings is 2. The van der Waals surface area contributed by atoms with Crippen LogP contribution in [-0.2, 0) is 23.8 Å². The number of anilines is 1. The Morgan fingerprint density at radius 3 is 2.43 bits per heavy atom. The van der Waals surface area contributed by atoms with Crippen LogP contribution in [0.25, 0.3) is 0 Å². The zero-order chi connectivity index (χ0) is 20.9. The monoisotopic (exact) mass is 400 g/mol. The predicted molar refractivity (Wildman–Crippen MR) is 111 cm³/mol. The van der Waals surface area contributed by atoms with E-state index in [1.54, 1.807) is 36.1 Å². The van der Waals surface area contributed by atoms with Crippen molar-refractivity contribution in [3.63, 3.8) is 0 Å². The number of aryl methyl sites for hydroxylation is 1. The minimum Gasteiger partial charge on any atom is -0.314 e. The molecular weight excluding hydrogens is 380 g/mol. The number of hydrogen-bond donors (Lipinski definition) is 1. The van der Waals surface area contributed by atoms with Gasteiger partial charge in [0.25, 0.3) is 5.56 Å². The molecule has 0 radical (unpaired) electrons. The van der Waals surface area contributed by atoms with E-state index in [-0.39, 0.29) is 11.5 Å². The third-order valence-corrected chi connectivity index (χ3v) is 5.75. The van der Waals surface area contributed by atoms with Gasteiger partial charge in [-0.1, -0.05) is 53.7 Å². The fourth-order valence-electron chi connectivity index (χ4n) is 4.25. The minimum atomic E-state index is -1.35. The van der Waals surface area contributed by atoms with Gasteiger partial charge in [-0.15, -0.1) is 5.10 Å². The topological polar surface area (TPSA) is 88.8 Å². The van der Waals surface area contributed by atoms with E-state index in [2.05, 4.69) is 15.4 Å². The first-order valence-electron chi connectivity index (χ1n) is 9.60. The maximum absolute atomic E-state index is 13.7. The Morgan fingerprint density at radius 2 is 1.70 bits per heavy atom. The van der Waals surface area contributed by atoms with Crippen molar-refractivity contribution in [2.45, 2.75) is 12.0 Å². The number of hydrogen-bond acceptors (Lipinski definition) is 4. The van der Waals surface area contributed by atoms with Crippen LogP contribution in [0, 0.1) is 0 Å². The van der Waals surface area contributed by atoms with Gasteiger partial charge in [-0.2, -0.15) is 0 Å². The molecule has 0 saturated carbocycles. The van der Waals surface area contributed by atoms with Crippen LogP contribution >= 0.6 is 0 Å². The third kappa shape index (κ3) is 2.40. The molecule has 2 aromatic carbocycles. The van der Waals surface area contributed by atoms with E-state index < -0.39 is 5.41 Å². The van der Waals surface area contributed by atoms with Gasteiger partial charge in [-0.3, -0.25) is 14.3 Å². The van der Waals surface area contributed by atoms with Crippen LogP contribution in [-0.4, -0.2) is 37.7 Å². The Kier molecular flexibility index (Phi) is 3.95. The number of nitrogens with zero attached hydrogens (tertiary/aromatic N) is 5. The Bertz CT molecular complexity index is 1300. The summed E-state index contributed by atoms with van der Waals surface area (Å²) in [5.41, 5.74) is 1.68. The Hall–Kier alpha value is -3.94. The normalized spacial score (nSPS) is 18.1. The van der Waals surface area contributed by atoms with Gasteiger partial charge in [-0.05, 0) is 11.6 Å². The molecule has 1 aliphatic heterocycles. The van der Waals surface area contributed by atoms with Crippen molar-refractivity contribution >= 4 is 11.6 Å². The maximum atomic E-state index is 13.7. The number of fused-ring (bicyclic) bond motifs is 1. The van der Waals surface area contributed by atoms with Gasteiger partial charge in [0, 0.05) is 31.5 Å². The number of nitrogens with one attached hydrogen (secondary N) is 1. The molecule has 1 amide bonds. The summed E-state index contributed by atoms with van der Waals surface area (Å²) in [5, 5.41) is 11.6. The number of rotatable bonds is 4. The van der Waals surface area contributed by atoms with E-state index in [4.69, 9.17) is 0 Å². The van der Waals surface area contributed by atoms with Gasteiger partial charge in [-0.25, -0.2) is 4.68 Å². The van der Waals surface area contributed by atoms with Gasteiger partial charge < -0.3 is 10.00 Å². The van der Waals surface area contributed by atoms with Gasteiger partial charge in [0.05, 0.1) is 18.3 Å². The standard InChI is InChI=1S/C22H20N6O2/c1-26-18-11-7-6-10-16(18)22(21(26)30,17-12-23-27(2)20(17)29)19-14-28(25-24-19)13-15-8-4-3-5-9-15/h3-12,14,23H,13H2,1-2H3/t22-/m0/s1. The Balaban J connectivity index is 1.73. The highest BCUT2D eigenvalue weighted by Crippen LogP contribution is 2.48. The molecule has 0 aliphatic carbocycles. The van der Waals surface area contributed by atoms with Crippen molar-refractivity contribution in [1.29, 1.82) is 0 Å². The van der Waals surface area contributed by atoms with E-state index >= 15 is 0 Å². The molecule has 1 atom stereocenters. The van der Waals surface area contributed by atoms with Crippen molar-refractivity contribution in [3.8, 4) is 0 Å². The Labute approximate surface area is 172 Å². The van der Waals surface area contributed by atoms with Crippen molar-refractivity contribution in [2.24, 2.45) is 7.05 Å². The first-order valence-corrected chi connectivity index (χ1v) is 9.60. The molecule has 2 aromatic heterocycles. The second-order valence-electron chi connectivity index (χ2n) is 7.47. The summed E-state index contributed by atoms with van der Waals surface area (Å²) >= 11 is 0. The van der Waals surface area contributed by atoms with E-state index in [1.165, 1.54) is 4.68 Å². The van der Waals surface area contributed by atoms with Gasteiger partial charge in [0.2, 0.25) is 5.91 Å². The molecule has 8 nitrogen and oxygen atoms in total.